The number of piperidine rings is 1. The van der Waals surface area contributed by atoms with Crippen molar-refractivity contribution in [3.63, 3.8) is 0 Å². The highest BCUT2D eigenvalue weighted by Crippen LogP contribution is 2.28. The van der Waals surface area contributed by atoms with Crippen LogP contribution in [0.1, 0.15) is 24.0 Å². The SMILES string of the molecule is C=C(N[C@H](Cc1csc2ccccc12)C(=O)N[C@H](Cc1ccc2ccccc2c1)NC=O)C1(N)CCNCC1. The van der Waals surface area contributed by atoms with Gasteiger partial charge in [-0.05, 0) is 64.7 Å². The fourth-order valence-corrected chi connectivity index (χ4v) is 6.23. The first-order chi connectivity index (χ1) is 18.9. The number of amides is 2. The van der Waals surface area contributed by atoms with Crippen molar-refractivity contribution in [1.82, 2.24) is 21.3 Å². The van der Waals surface area contributed by atoms with Crippen molar-refractivity contribution < 1.29 is 9.59 Å². The Hall–Kier alpha value is -3.72. The van der Waals surface area contributed by atoms with Gasteiger partial charge in [-0.1, -0.05) is 67.2 Å². The Morgan fingerprint density at radius 2 is 1.77 bits per heavy atom. The summed E-state index contributed by atoms with van der Waals surface area (Å²) < 4.78 is 1.18. The summed E-state index contributed by atoms with van der Waals surface area (Å²) in [4.78, 5) is 25.3. The van der Waals surface area contributed by atoms with E-state index in [9.17, 15) is 9.59 Å². The van der Waals surface area contributed by atoms with Gasteiger partial charge in [0.1, 0.15) is 12.2 Å². The van der Waals surface area contributed by atoms with Crippen LogP contribution in [-0.4, -0.2) is 43.2 Å². The van der Waals surface area contributed by atoms with E-state index in [2.05, 4.69) is 69.6 Å². The molecular formula is C31H35N5O2S. The highest BCUT2D eigenvalue weighted by atomic mass is 32.1. The third-order valence-electron chi connectivity index (χ3n) is 7.59. The molecule has 2 heterocycles. The molecule has 0 aliphatic carbocycles. The van der Waals surface area contributed by atoms with Crippen LogP contribution < -0.4 is 27.0 Å². The number of rotatable bonds is 11. The van der Waals surface area contributed by atoms with E-state index in [4.69, 9.17) is 5.73 Å². The lowest BCUT2D eigenvalue weighted by atomic mass is 9.86. The zero-order chi connectivity index (χ0) is 27.2. The zero-order valence-corrected chi connectivity index (χ0v) is 22.7. The van der Waals surface area contributed by atoms with Gasteiger partial charge in [-0.15, -0.1) is 11.3 Å². The number of fused-ring (bicyclic) bond motifs is 2. The number of thiophene rings is 1. The van der Waals surface area contributed by atoms with Crippen molar-refractivity contribution in [1.29, 1.82) is 0 Å². The number of hydrogen-bond donors (Lipinski definition) is 5. The predicted molar refractivity (Wildman–Crippen MR) is 159 cm³/mol. The maximum Gasteiger partial charge on any atom is 0.244 e. The Morgan fingerprint density at radius 1 is 1.03 bits per heavy atom. The summed E-state index contributed by atoms with van der Waals surface area (Å²) in [7, 11) is 0. The van der Waals surface area contributed by atoms with Crippen molar-refractivity contribution in [2.24, 2.45) is 5.73 Å². The van der Waals surface area contributed by atoms with Crippen LogP contribution in [0.15, 0.2) is 84.4 Å². The van der Waals surface area contributed by atoms with Crippen LogP contribution in [0.3, 0.4) is 0 Å². The summed E-state index contributed by atoms with van der Waals surface area (Å²) in [5, 5.41) is 18.1. The summed E-state index contributed by atoms with van der Waals surface area (Å²) >= 11 is 1.66. The van der Waals surface area contributed by atoms with Gasteiger partial charge in [0.25, 0.3) is 0 Å². The van der Waals surface area contributed by atoms with Crippen molar-refractivity contribution in [3.8, 4) is 0 Å². The number of carbonyl (C=O) groups excluding carboxylic acids is 2. The predicted octanol–water partition coefficient (Wildman–Crippen LogP) is 3.58. The second-order valence-corrected chi connectivity index (χ2v) is 11.2. The summed E-state index contributed by atoms with van der Waals surface area (Å²) in [6.45, 7) is 5.87. The second-order valence-electron chi connectivity index (χ2n) is 10.3. The van der Waals surface area contributed by atoms with Gasteiger partial charge in [-0.3, -0.25) is 9.59 Å². The summed E-state index contributed by atoms with van der Waals surface area (Å²) in [5.41, 5.74) is 8.90. The molecule has 7 nitrogen and oxygen atoms in total. The van der Waals surface area contributed by atoms with E-state index in [1.54, 1.807) is 11.3 Å². The lowest BCUT2D eigenvalue weighted by Crippen LogP contribution is -2.58. The summed E-state index contributed by atoms with van der Waals surface area (Å²) in [6.07, 6.45) is 2.46. The number of carbonyl (C=O) groups is 2. The van der Waals surface area contributed by atoms with E-state index in [1.165, 1.54) is 4.70 Å². The molecule has 0 spiro atoms. The number of nitrogens with one attached hydrogen (secondary N) is 4. The number of benzene rings is 3. The molecule has 2 amide bonds. The quantitative estimate of drug-likeness (QED) is 0.147. The van der Waals surface area contributed by atoms with Gasteiger partial charge in [0.05, 0.1) is 5.54 Å². The monoisotopic (exact) mass is 541 g/mol. The van der Waals surface area contributed by atoms with Crippen molar-refractivity contribution in [2.45, 2.75) is 43.4 Å². The normalized spacial score (nSPS) is 16.3. The van der Waals surface area contributed by atoms with Crippen LogP contribution in [0.5, 0.6) is 0 Å². The van der Waals surface area contributed by atoms with E-state index in [0.717, 1.165) is 53.2 Å². The maximum atomic E-state index is 13.8. The van der Waals surface area contributed by atoms with Gasteiger partial charge in [-0.2, -0.15) is 0 Å². The van der Waals surface area contributed by atoms with Crippen LogP contribution in [0.2, 0.25) is 0 Å². The minimum absolute atomic E-state index is 0.218. The largest absolute Gasteiger partial charge is 0.376 e. The minimum Gasteiger partial charge on any atom is -0.376 e. The topological polar surface area (TPSA) is 108 Å². The lowest BCUT2D eigenvalue weighted by molar-refractivity contribution is -0.124. The van der Waals surface area contributed by atoms with E-state index in [0.29, 0.717) is 24.9 Å². The van der Waals surface area contributed by atoms with E-state index >= 15 is 0 Å². The maximum absolute atomic E-state index is 13.8. The first-order valence-electron chi connectivity index (χ1n) is 13.3. The van der Waals surface area contributed by atoms with Crippen LogP contribution in [0.4, 0.5) is 0 Å². The molecule has 3 aromatic carbocycles. The first-order valence-corrected chi connectivity index (χ1v) is 14.2. The first kappa shape index (κ1) is 26.9. The Kier molecular flexibility index (Phi) is 8.26. The van der Waals surface area contributed by atoms with Gasteiger partial charge >= 0.3 is 0 Å². The average Bonchev–Trinajstić information content (AvgIpc) is 3.36. The number of hydrogen-bond acceptors (Lipinski definition) is 6. The molecule has 8 heteroatoms. The van der Waals surface area contributed by atoms with Gasteiger partial charge in [0.15, 0.2) is 0 Å². The average molecular weight is 542 g/mol. The van der Waals surface area contributed by atoms with Crippen molar-refractivity contribution in [2.75, 3.05) is 13.1 Å². The molecule has 2 atom stereocenters. The number of nitrogens with two attached hydrogens (primary N) is 1. The van der Waals surface area contributed by atoms with Crippen molar-refractivity contribution >= 4 is 44.5 Å². The fraction of sp³-hybridized carbons (Fsp3) is 0.290. The van der Waals surface area contributed by atoms with Gasteiger partial charge < -0.3 is 27.0 Å². The molecule has 0 unspecified atom stereocenters. The molecule has 1 aromatic heterocycles. The standard InChI is InChI=1S/C31H35N5O2S/c1-21(31(32)12-14-33-15-13-31)35-27(18-25-19-39-28-9-5-4-8-26(25)28)30(38)36-29(34-20-37)17-22-10-11-23-6-2-3-7-24(23)16-22/h2-11,16,19-20,27,29,33,35H,1,12-15,17-18,32H2,(H,34,37)(H,36,38)/t27-,29-/m1/s1. The van der Waals surface area contributed by atoms with E-state index < -0.39 is 17.7 Å². The van der Waals surface area contributed by atoms with Gasteiger partial charge in [0, 0.05) is 23.2 Å². The lowest BCUT2D eigenvalue weighted by Gasteiger charge is -2.37. The van der Waals surface area contributed by atoms with Crippen LogP contribution in [0.25, 0.3) is 20.9 Å². The molecule has 202 valence electrons. The summed E-state index contributed by atoms with van der Waals surface area (Å²) in [6, 6.07) is 21.9. The van der Waals surface area contributed by atoms with Crippen LogP contribution in [0, 0.1) is 0 Å². The van der Waals surface area contributed by atoms with Gasteiger partial charge in [-0.25, -0.2) is 0 Å². The molecular weight excluding hydrogens is 506 g/mol. The van der Waals surface area contributed by atoms with Crippen LogP contribution >= 0.6 is 11.3 Å². The third kappa shape index (κ3) is 6.30. The highest BCUT2D eigenvalue weighted by Gasteiger charge is 2.33. The molecule has 39 heavy (non-hydrogen) atoms. The van der Waals surface area contributed by atoms with E-state index in [1.807, 2.05) is 30.3 Å². The molecule has 0 saturated carbocycles. The fourth-order valence-electron chi connectivity index (χ4n) is 5.26. The Labute approximate surface area is 232 Å². The highest BCUT2D eigenvalue weighted by molar-refractivity contribution is 7.17. The van der Waals surface area contributed by atoms with E-state index in [-0.39, 0.29) is 5.91 Å². The minimum atomic E-state index is -0.613. The molecule has 6 N–H and O–H groups in total. The molecule has 1 aliphatic heterocycles. The molecule has 1 aliphatic rings. The molecule has 1 fully saturated rings. The van der Waals surface area contributed by atoms with Gasteiger partial charge in [0.2, 0.25) is 12.3 Å². The zero-order valence-electron chi connectivity index (χ0n) is 21.9. The molecule has 5 rings (SSSR count). The molecule has 1 saturated heterocycles. The summed E-state index contributed by atoms with van der Waals surface area (Å²) in [5.74, 6) is -0.218. The Bertz CT molecular complexity index is 1480. The second kappa shape index (κ2) is 12.0. The third-order valence-corrected chi connectivity index (χ3v) is 8.60. The Morgan fingerprint density at radius 3 is 2.56 bits per heavy atom. The smallest absolute Gasteiger partial charge is 0.244 e. The van der Waals surface area contributed by atoms with Crippen LogP contribution in [-0.2, 0) is 22.4 Å². The molecule has 4 aromatic rings. The van der Waals surface area contributed by atoms with Crippen molar-refractivity contribution in [3.05, 3.63) is 95.5 Å². The Balaban J connectivity index is 1.36. The molecule has 0 bridgehead atoms. The molecule has 0 radical (unpaired) electrons.